The highest BCUT2D eigenvalue weighted by Gasteiger charge is 2.17. The van der Waals surface area contributed by atoms with Crippen LogP contribution in [0, 0.1) is 19.7 Å². The molecule has 1 N–H and O–H groups in total. The van der Waals surface area contributed by atoms with Gasteiger partial charge in [0, 0.05) is 28.7 Å². The molecule has 134 valence electrons. The number of carbonyl (C=O) groups is 1. The number of carbonyl (C=O) groups excluding carboxylic acids is 1. The van der Waals surface area contributed by atoms with Crippen molar-refractivity contribution in [1.29, 1.82) is 0 Å². The number of rotatable bonds is 6. The molecule has 2 aromatic carbocycles. The molecule has 1 heterocycles. The van der Waals surface area contributed by atoms with Gasteiger partial charge in [-0.15, -0.1) is 0 Å². The standard InChI is InChI=1S/C22H23FN2O/c1-15-13-21(17(3)25(15)20-11-9-19(23)10-12-20)22(26)14-24-16(2)18-7-5-4-6-8-18/h4-13,16,24H,14H2,1-3H3. The van der Waals surface area contributed by atoms with Crippen molar-refractivity contribution in [2.24, 2.45) is 0 Å². The van der Waals surface area contributed by atoms with Gasteiger partial charge in [-0.3, -0.25) is 4.79 Å². The predicted octanol–water partition coefficient (Wildman–Crippen LogP) is 4.77. The zero-order valence-corrected chi connectivity index (χ0v) is 15.3. The highest BCUT2D eigenvalue weighted by molar-refractivity contribution is 5.99. The maximum absolute atomic E-state index is 13.2. The molecule has 1 atom stereocenters. The molecule has 0 aliphatic heterocycles. The fraction of sp³-hybridized carbons (Fsp3) is 0.227. The second-order valence-electron chi connectivity index (χ2n) is 6.53. The van der Waals surface area contributed by atoms with Crippen LogP contribution in [-0.2, 0) is 0 Å². The summed E-state index contributed by atoms with van der Waals surface area (Å²) in [6.45, 7) is 6.19. The first kappa shape index (κ1) is 18.1. The van der Waals surface area contributed by atoms with Gasteiger partial charge in [0.15, 0.2) is 5.78 Å². The van der Waals surface area contributed by atoms with E-state index < -0.39 is 0 Å². The zero-order chi connectivity index (χ0) is 18.7. The molecule has 0 spiro atoms. The van der Waals surface area contributed by atoms with Crippen LogP contribution in [0.1, 0.15) is 40.3 Å². The topological polar surface area (TPSA) is 34.0 Å². The Hall–Kier alpha value is -2.72. The van der Waals surface area contributed by atoms with Crippen LogP contribution in [0.4, 0.5) is 4.39 Å². The van der Waals surface area contributed by atoms with E-state index in [-0.39, 0.29) is 24.2 Å². The number of hydrogen-bond acceptors (Lipinski definition) is 2. The average molecular weight is 350 g/mol. The summed E-state index contributed by atoms with van der Waals surface area (Å²) in [4.78, 5) is 12.7. The van der Waals surface area contributed by atoms with Crippen molar-refractivity contribution in [1.82, 2.24) is 9.88 Å². The third-order valence-corrected chi connectivity index (χ3v) is 4.68. The molecule has 0 radical (unpaired) electrons. The number of nitrogens with one attached hydrogen (secondary N) is 1. The van der Waals surface area contributed by atoms with Gasteiger partial charge in [0.2, 0.25) is 0 Å². The van der Waals surface area contributed by atoms with Crippen molar-refractivity contribution >= 4 is 5.78 Å². The van der Waals surface area contributed by atoms with Crippen molar-refractivity contribution in [3.63, 3.8) is 0 Å². The number of halogens is 1. The fourth-order valence-electron chi connectivity index (χ4n) is 3.23. The molecule has 0 aliphatic rings. The third kappa shape index (κ3) is 3.75. The molecule has 0 aliphatic carbocycles. The number of aryl methyl sites for hydroxylation is 1. The van der Waals surface area contributed by atoms with E-state index in [4.69, 9.17) is 0 Å². The lowest BCUT2D eigenvalue weighted by Gasteiger charge is -2.14. The average Bonchev–Trinajstić information content (AvgIpc) is 2.95. The minimum Gasteiger partial charge on any atom is -0.318 e. The Balaban J connectivity index is 1.76. The molecule has 0 fully saturated rings. The highest BCUT2D eigenvalue weighted by atomic mass is 19.1. The van der Waals surface area contributed by atoms with Gasteiger partial charge in [0.05, 0.1) is 6.54 Å². The highest BCUT2D eigenvalue weighted by Crippen LogP contribution is 2.21. The molecule has 3 rings (SSSR count). The van der Waals surface area contributed by atoms with Gasteiger partial charge in [-0.25, -0.2) is 4.39 Å². The van der Waals surface area contributed by atoms with Crippen LogP contribution in [0.3, 0.4) is 0 Å². The Kier molecular flexibility index (Phi) is 5.33. The van der Waals surface area contributed by atoms with E-state index in [1.54, 1.807) is 12.1 Å². The number of aromatic nitrogens is 1. The minimum atomic E-state index is -0.272. The van der Waals surface area contributed by atoms with E-state index in [2.05, 4.69) is 5.32 Å². The van der Waals surface area contributed by atoms with Gasteiger partial charge in [-0.1, -0.05) is 30.3 Å². The number of ketones is 1. The van der Waals surface area contributed by atoms with Gasteiger partial charge in [0.1, 0.15) is 5.82 Å². The van der Waals surface area contributed by atoms with Crippen molar-refractivity contribution < 1.29 is 9.18 Å². The summed E-state index contributed by atoms with van der Waals surface area (Å²) >= 11 is 0. The van der Waals surface area contributed by atoms with Crippen LogP contribution in [-0.4, -0.2) is 16.9 Å². The first-order chi connectivity index (χ1) is 12.5. The van der Waals surface area contributed by atoms with Crippen molar-refractivity contribution in [2.75, 3.05) is 6.54 Å². The third-order valence-electron chi connectivity index (χ3n) is 4.68. The lowest BCUT2D eigenvalue weighted by atomic mass is 10.1. The molecule has 0 saturated carbocycles. The van der Waals surface area contributed by atoms with E-state index in [1.165, 1.54) is 12.1 Å². The number of nitrogens with zero attached hydrogens (tertiary/aromatic N) is 1. The molecule has 0 bridgehead atoms. The number of hydrogen-bond donors (Lipinski definition) is 1. The normalized spacial score (nSPS) is 12.2. The van der Waals surface area contributed by atoms with Crippen LogP contribution in [0.2, 0.25) is 0 Å². The summed E-state index contributed by atoms with van der Waals surface area (Å²) in [5, 5.41) is 3.29. The van der Waals surface area contributed by atoms with Gasteiger partial charge in [-0.2, -0.15) is 0 Å². The lowest BCUT2D eigenvalue weighted by molar-refractivity contribution is 0.0987. The van der Waals surface area contributed by atoms with Crippen LogP contribution in [0.15, 0.2) is 60.7 Å². The van der Waals surface area contributed by atoms with Crippen LogP contribution >= 0.6 is 0 Å². The quantitative estimate of drug-likeness (QED) is 0.650. The van der Waals surface area contributed by atoms with Crippen LogP contribution < -0.4 is 5.32 Å². The van der Waals surface area contributed by atoms with E-state index in [0.717, 1.165) is 22.6 Å². The van der Waals surface area contributed by atoms with Gasteiger partial charge in [-0.05, 0) is 56.7 Å². The maximum atomic E-state index is 13.2. The molecular formula is C22H23FN2O. The molecule has 1 unspecified atom stereocenters. The lowest BCUT2D eigenvalue weighted by Crippen LogP contribution is -2.26. The largest absolute Gasteiger partial charge is 0.318 e. The Bertz CT molecular complexity index is 898. The Morgan fingerprint density at radius 3 is 2.38 bits per heavy atom. The molecule has 26 heavy (non-hydrogen) atoms. The summed E-state index contributed by atoms with van der Waals surface area (Å²) in [5.41, 5.74) is 4.52. The summed E-state index contributed by atoms with van der Waals surface area (Å²) in [6, 6.07) is 18.3. The second-order valence-corrected chi connectivity index (χ2v) is 6.53. The Morgan fingerprint density at radius 1 is 1.08 bits per heavy atom. The van der Waals surface area contributed by atoms with E-state index in [9.17, 15) is 9.18 Å². The van der Waals surface area contributed by atoms with Gasteiger partial charge >= 0.3 is 0 Å². The fourth-order valence-corrected chi connectivity index (χ4v) is 3.23. The summed E-state index contributed by atoms with van der Waals surface area (Å²) < 4.78 is 15.2. The molecule has 0 saturated heterocycles. The molecular weight excluding hydrogens is 327 g/mol. The predicted molar refractivity (Wildman–Crippen MR) is 102 cm³/mol. The maximum Gasteiger partial charge on any atom is 0.178 e. The molecule has 4 heteroatoms. The number of Topliss-reactive ketones (excluding diaryl/α,β-unsaturated/α-hetero) is 1. The first-order valence-electron chi connectivity index (χ1n) is 8.74. The van der Waals surface area contributed by atoms with Gasteiger partial charge < -0.3 is 9.88 Å². The number of benzene rings is 2. The van der Waals surface area contributed by atoms with Crippen molar-refractivity contribution in [2.45, 2.75) is 26.8 Å². The summed E-state index contributed by atoms with van der Waals surface area (Å²) in [7, 11) is 0. The van der Waals surface area contributed by atoms with Crippen LogP contribution in [0.25, 0.3) is 5.69 Å². The Morgan fingerprint density at radius 2 is 1.73 bits per heavy atom. The van der Waals surface area contributed by atoms with E-state index in [1.807, 2.05) is 61.7 Å². The smallest absolute Gasteiger partial charge is 0.178 e. The summed E-state index contributed by atoms with van der Waals surface area (Å²) in [5.74, 6) is -0.221. The van der Waals surface area contributed by atoms with E-state index >= 15 is 0 Å². The van der Waals surface area contributed by atoms with Crippen molar-refractivity contribution in [3.8, 4) is 5.69 Å². The van der Waals surface area contributed by atoms with Gasteiger partial charge in [0.25, 0.3) is 0 Å². The second kappa shape index (κ2) is 7.67. The van der Waals surface area contributed by atoms with Crippen LogP contribution in [0.5, 0.6) is 0 Å². The molecule has 1 aromatic heterocycles. The molecule has 3 nitrogen and oxygen atoms in total. The monoisotopic (exact) mass is 350 g/mol. The minimum absolute atomic E-state index is 0.0502. The first-order valence-corrected chi connectivity index (χ1v) is 8.74. The summed E-state index contributed by atoms with van der Waals surface area (Å²) in [6.07, 6.45) is 0. The SMILES string of the molecule is Cc1cc(C(=O)CNC(C)c2ccccc2)c(C)n1-c1ccc(F)cc1. The van der Waals surface area contributed by atoms with Crippen molar-refractivity contribution in [3.05, 3.63) is 89.0 Å². The zero-order valence-electron chi connectivity index (χ0n) is 15.3. The van der Waals surface area contributed by atoms with E-state index in [0.29, 0.717) is 5.56 Å². The molecule has 0 amide bonds. The molecule has 3 aromatic rings. The Labute approximate surface area is 153 Å².